The fraction of sp³-hybridized carbons (Fsp3) is 0.440. The van der Waals surface area contributed by atoms with Crippen molar-refractivity contribution < 1.29 is 18.0 Å². The molecule has 7 heteroatoms. The lowest BCUT2D eigenvalue weighted by molar-refractivity contribution is -0.118. The summed E-state index contributed by atoms with van der Waals surface area (Å²) in [6, 6.07) is 12.0. The van der Waals surface area contributed by atoms with Crippen molar-refractivity contribution in [1.29, 1.82) is 0 Å². The first-order chi connectivity index (χ1) is 15.2. The first-order valence-corrected chi connectivity index (χ1v) is 12.7. The van der Waals surface area contributed by atoms with E-state index in [1.54, 1.807) is 48.2 Å². The number of amides is 2. The van der Waals surface area contributed by atoms with Gasteiger partial charge in [-0.15, -0.1) is 0 Å². The van der Waals surface area contributed by atoms with Gasteiger partial charge in [0.05, 0.1) is 4.90 Å². The summed E-state index contributed by atoms with van der Waals surface area (Å²) in [5, 5.41) is 2.81. The zero-order valence-electron chi connectivity index (χ0n) is 19.3. The van der Waals surface area contributed by atoms with Crippen molar-refractivity contribution in [2.24, 2.45) is 0 Å². The Hall–Kier alpha value is -2.67. The van der Waals surface area contributed by atoms with Gasteiger partial charge in [0.1, 0.15) is 0 Å². The van der Waals surface area contributed by atoms with Crippen LogP contribution >= 0.6 is 0 Å². The number of anilines is 1. The average Bonchev–Trinajstić information content (AvgIpc) is 3.29. The van der Waals surface area contributed by atoms with E-state index in [1.165, 1.54) is 0 Å². The van der Waals surface area contributed by atoms with Crippen molar-refractivity contribution in [2.45, 2.75) is 63.0 Å². The van der Waals surface area contributed by atoms with Crippen LogP contribution in [0, 0.1) is 13.8 Å². The summed E-state index contributed by atoms with van der Waals surface area (Å²) in [6.45, 7) is 8.69. The molecule has 0 unspecified atom stereocenters. The number of sulfone groups is 1. The maximum atomic E-state index is 13.7. The number of carbonyl (C=O) groups is 2. The largest absolute Gasteiger partial charge is 0.339 e. The van der Waals surface area contributed by atoms with Crippen molar-refractivity contribution in [3.8, 4) is 0 Å². The highest BCUT2D eigenvalue weighted by molar-refractivity contribution is 7.93. The summed E-state index contributed by atoms with van der Waals surface area (Å²) in [4.78, 5) is 27.9. The molecule has 0 radical (unpaired) electrons. The maximum Gasteiger partial charge on any atom is 0.253 e. The molecule has 0 heterocycles. The highest BCUT2D eigenvalue weighted by Crippen LogP contribution is 2.42. The molecule has 0 aromatic heterocycles. The van der Waals surface area contributed by atoms with Gasteiger partial charge in [-0.25, -0.2) is 8.42 Å². The number of hydrogen-bond acceptors (Lipinski definition) is 4. The standard InChI is InChI=1S/C25H32N2O4S/c1-5-27(6-2)23(28)20-11-13-21(14-12-20)26-24(29)25(15-7-8-16-25)32(30,31)22-17-18(3)9-10-19(22)4/h9-14,17H,5-8,15-16H2,1-4H3,(H,26,29). The smallest absolute Gasteiger partial charge is 0.253 e. The molecule has 0 saturated heterocycles. The molecule has 2 aromatic carbocycles. The lowest BCUT2D eigenvalue weighted by Crippen LogP contribution is -2.47. The van der Waals surface area contributed by atoms with Gasteiger partial charge in [-0.05, 0) is 82.0 Å². The first kappa shape index (κ1) is 24.0. The molecule has 2 amide bonds. The van der Waals surface area contributed by atoms with Crippen molar-refractivity contribution in [3.05, 3.63) is 59.2 Å². The lowest BCUT2D eigenvalue weighted by atomic mass is 10.1. The molecule has 1 saturated carbocycles. The molecule has 32 heavy (non-hydrogen) atoms. The molecule has 2 aromatic rings. The van der Waals surface area contributed by atoms with E-state index < -0.39 is 20.5 Å². The van der Waals surface area contributed by atoms with E-state index >= 15 is 0 Å². The van der Waals surface area contributed by atoms with Crippen LogP contribution in [0.1, 0.15) is 61.0 Å². The van der Waals surface area contributed by atoms with Crippen LogP contribution < -0.4 is 5.32 Å². The zero-order valence-corrected chi connectivity index (χ0v) is 20.1. The maximum absolute atomic E-state index is 13.7. The van der Waals surface area contributed by atoms with Crippen LogP contribution in [-0.2, 0) is 14.6 Å². The van der Waals surface area contributed by atoms with Gasteiger partial charge in [0, 0.05) is 24.3 Å². The minimum absolute atomic E-state index is 0.0716. The van der Waals surface area contributed by atoms with Gasteiger partial charge in [-0.1, -0.05) is 25.0 Å². The molecule has 0 aliphatic heterocycles. The summed E-state index contributed by atoms with van der Waals surface area (Å²) >= 11 is 0. The second kappa shape index (κ2) is 9.45. The van der Waals surface area contributed by atoms with Crippen LogP contribution in [0.15, 0.2) is 47.4 Å². The number of benzene rings is 2. The third kappa shape index (κ3) is 4.31. The summed E-state index contributed by atoms with van der Waals surface area (Å²) in [6.07, 6.45) is 1.98. The minimum atomic E-state index is -3.89. The molecule has 0 spiro atoms. The molecular formula is C25H32N2O4S. The van der Waals surface area contributed by atoms with Crippen molar-refractivity contribution >= 4 is 27.3 Å². The topological polar surface area (TPSA) is 83.6 Å². The fourth-order valence-electron chi connectivity index (χ4n) is 4.41. The monoisotopic (exact) mass is 456 g/mol. The number of carbonyl (C=O) groups excluding carboxylic acids is 2. The molecule has 0 atom stereocenters. The molecule has 3 rings (SSSR count). The van der Waals surface area contributed by atoms with E-state index in [1.807, 2.05) is 26.8 Å². The molecular weight excluding hydrogens is 424 g/mol. The fourth-order valence-corrected chi connectivity index (χ4v) is 6.78. The zero-order chi connectivity index (χ0) is 23.5. The molecule has 1 N–H and O–H groups in total. The van der Waals surface area contributed by atoms with Crippen LogP contribution in [0.5, 0.6) is 0 Å². The third-order valence-corrected chi connectivity index (χ3v) is 9.05. The lowest BCUT2D eigenvalue weighted by Gasteiger charge is -2.28. The van der Waals surface area contributed by atoms with Crippen LogP contribution in [0.25, 0.3) is 0 Å². The summed E-state index contributed by atoms with van der Waals surface area (Å²) in [5.74, 6) is -0.573. The summed E-state index contributed by atoms with van der Waals surface area (Å²) in [7, 11) is -3.89. The average molecular weight is 457 g/mol. The Labute approximate surface area is 190 Å². The molecule has 0 bridgehead atoms. The van der Waals surface area contributed by atoms with Gasteiger partial charge in [0.2, 0.25) is 5.91 Å². The van der Waals surface area contributed by atoms with Crippen LogP contribution in [-0.4, -0.2) is 43.0 Å². The van der Waals surface area contributed by atoms with Gasteiger partial charge >= 0.3 is 0 Å². The number of hydrogen-bond donors (Lipinski definition) is 1. The van der Waals surface area contributed by atoms with E-state index in [9.17, 15) is 18.0 Å². The number of aryl methyl sites for hydroxylation is 2. The van der Waals surface area contributed by atoms with E-state index in [-0.39, 0.29) is 10.8 Å². The second-order valence-corrected chi connectivity index (χ2v) is 10.7. The van der Waals surface area contributed by atoms with Gasteiger partial charge in [0.15, 0.2) is 14.6 Å². The second-order valence-electron chi connectivity index (χ2n) is 8.48. The summed E-state index contributed by atoms with van der Waals surface area (Å²) < 4.78 is 26.0. The van der Waals surface area contributed by atoms with E-state index in [4.69, 9.17) is 0 Å². The van der Waals surface area contributed by atoms with Gasteiger partial charge < -0.3 is 10.2 Å². The quantitative estimate of drug-likeness (QED) is 0.664. The van der Waals surface area contributed by atoms with Crippen molar-refractivity contribution in [3.63, 3.8) is 0 Å². The normalized spacial score (nSPS) is 15.4. The van der Waals surface area contributed by atoms with Gasteiger partial charge in [-0.3, -0.25) is 9.59 Å². The molecule has 1 aliphatic rings. The van der Waals surface area contributed by atoms with Crippen LogP contribution in [0.2, 0.25) is 0 Å². The van der Waals surface area contributed by atoms with E-state index in [2.05, 4.69) is 5.32 Å². The molecule has 172 valence electrons. The number of nitrogens with one attached hydrogen (secondary N) is 1. The number of nitrogens with zero attached hydrogens (tertiary/aromatic N) is 1. The van der Waals surface area contributed by atoms with E-state index in [0.717, 1.165) is 5.56 Å². The van der Waals surface area contributed by atoms with Gasteiger partial charge in [-0.2, -0.15) is 0 Å². The highest BCUT2D eigenvalue weighted by Gasteiger charge is 2.53. The highest BCUT2D eigenvalue weighted by atomic mass is 32.2. The Morgan fingerprint density at radius 1 is 0.969 bits per heavy atom. The molecule has 1 aliphatic carbocycles. The first-order valence-electron chi connectivity index (χ1n) is 11.2. The Morgan fingerprint density at radius 3 is 2.12 bits per heavy atom. The Kier molecular flexibility index (Phi) is 7.08. The Balaban J connectivity index is 1.89. The molecule has 1 fully saturated rings. The summed E-state index contributed by atoms with van der Waals surface area (Å²) in [5.41, 5.74) is 2.50. The van der Waals surface area contributed by atoms with Crippen molar-refractivity contribution in [2.75, 3.05) is 18.4 Å². The van der Waals surface area contributed by atoms with Crippen LogP contribution in [0.4, 0.5) is 5.69 Å². The predicted octanol–water partition coefficient (Wildman–Crippen LogP) is 4.51. The SMILES string of the molecule is CCN(CC)C(=O)c1ccc(NC(=O)C2(S(=O)(=O)c3cc(C)ccc3C)CCCC2)cc1. The van der Waals surface area contributed by atoms with Crippen LogP contribution in [0.3, 0.4) is 0 Å². The van der Waals surface area contributed by atoms with Gasteiger partial charge in [0.25, 0.3) is 5.91 Å². The third-order valence-electron chi connectivity index (χ3n) is 6.41. The Morgan fingerprint density at radius 2 is 1.56 bits per heavy atom. The van der Waals surface area contributed by atoms with E-state index in [0.29, 0.717) is 55.6 Å². The molecule has 6 nitrogen and oxygen atoms in total. The minimum Gasteiger partial charge on any atom is -0.339 e. The Bertz CT molecular complexity index is 1100. The number of rotatable bonds is 7. The predicted molar refractivity (Wildman–Crippen MR) is 127 cm³/mol. The van der Waals surface area contributed by atoms with Crippen molar-refractivity contribution in [1.82, 2.24) is 4.90 Å².